The summed E-state index contributed by atoms with van der Waals surface area (Å²) in [4.78, 5) is 0. The molecule has 2 nitrogen and oxygen atoms in total. The van der Waals surface area contributed by atoms with Crippen molar-refractivity contribution >= 4 is 0 Å². The van der Waals surface area contributed by atoms with E-state index in [1.165, 1.54) is 0 Å². The number of nitrogens with one attached hydrogen (secondary N) is 1. The highest BCUT2D eigenvalue weighted by molar-refractivity contribution is 4.67. The van der Waals surface area contributed by atoms with Crippen LogP contribution >= 0.6 is 0 Å². The van der Waals surface area contributed by atoms with E-state index in [4.69, 9.17) is 4.74 Å². The first-order valence-corrected chi connectivity index (χ1v) is 5.34. The highest BCUT2D eigenvalue weighted by Gasteiger charge is 2.10. The van der Waals surface area contributed by atoms with Gasteiger partial charge in [-0.05, 0) is 24.8 Å². The topological polar surface area (TPSA) is 21.3 Å². The van der Waals surface area contributed by atoms with Crippen LogP contribution in [0.2, 0.25) is 0 Å². The highest BCUT2D eigenvalue weighted by atomic mass is 16.5. The molecule has 13 heavy (non-hydrogen) atoms. The lowest BCUT2D eigenvalue weighted by Crippen LogP contribution is -2.36. The Morgan fingerprint density at radius 2 is 1.85 bits per heavy atom. The van der Waals surface area contributed by atoms with E-state index in [2.05, 4.69) is 33.0 Å². The second-order valence-electron chi connectivity index (χ2n) is 4.19. The lowest BCUT2D eigenvalue weighted by molar-refractivity contribution is 0.160. The van der Waals surface area contributed by atoms with Crippen LogP contribution in [0.15, 0.2) is 0 Å². The summed E-state index contributed by atoms with van der Waals surface area (Å²) in [5, 5.41) is 3.53. The van der Waals surface area contributed by atoms with Gasteiger partial charge in [-0.2, -0.15) is 0 Å². The first-order valence-electron chi connectivity index (χ1n) is 5.34. The standard InChI is InChI=1S/C11H25NO/c1-6-11(8-13-5)12-7-10(4)9(2)3/h9-12H,6-8H2,1-5H3. The van der Waals surface area contributed by atoms with Crippen LogP contribution in [-0.2, 0) is 4.74 Å². The maximum absolute atomic E-state index is 5.13. The van der Waals surface area contributed by atoms with E-state index in [1.807, 2.05) is 0 Å². The molecule has 1 N–H and O–H groups in total. The molecule has 0 bridgehead atoms. The van der Waals surface area contributed by atoms with Crippen molar-refractivity contribution in [1.29, 1.82) is 0 Å². The summed E-state index contributed by atoms with van der Waals surface area (Å²) in [5.41, 5.74) is 0. The first kappa shape index (κ1) is 12.9. The second kappa shape index (κ2) is 7.34. The normalized spacial score (nSPS) is 16.2. The first-order chi connectivity index (χ1) is 6.11. The molecule has 0 aromatic carbocycles. The van der Waals surface area contributed by atoms with E-state index in [0.29, 0.717) is 6.04 Å². The number of hydrogen-bond donors (Lipinski definition) is 1. The monoisotopic (exact) mass is 187 g/mol. The van der Waals surface area contributed by atoms with E-state index in [-0.39, 0.29) is 0 Å². The lowest BCUT2D eigenvalue weighted by atomic mass is 9.98. The van der Waals surface area contributed by atoms with Crippen molar-refractivity contribution in [2.45, 2.75) is 40.2 Å². The molecule has 0 aliphatic rings. The third-order valence-corrected chi connectivity index (χ3v) is 2.73. The molecule has 0 fully saturated rings. The fraction of sp³-hybridized carbons (Fsp3) is 1.00. The molecule has 2 atom stereocenters. The molecular formula is C11H25NO. The van der Waals surface area contributed by atoms with Gasteiger partial charge in [0, 0.05) is 13.2 Å². The zero-order chi connectivity index (χ0) is 10.3. The smallest absolute Gasteiger partial charge is 0.0615 e. The Morgan fingerprint density at radius 1 is 1.23 bits per heavy atom. The minimum atomic E-state index is 0.520. The molecular weight excluding hydrogens is 162 g/mol. The maximum Gasteiger partial charge on any atom is 0.0615 e. The zero-order valence-electron chi connectivity index (χ0n) is 9.76. The van der Waals surface area contributed by atoms with Gasteiger partial charge in [0.25, 0.3) is 0 Å². The molecule has 0 heterocycles. The second-order valence-corrected chi connectivity index (χ2v) is 4.19. The minimum absolute atomic E-state index is 0.520. The number of ether oxygens (including phenoxy) is 1. The third-order valence-electron chi connectivity index (χ3n) is 2.73. The van der Waals surface area contributed by atoms with Gasteiger partial charge in [-0.1, -0.05) is 27.7 Å². The Balaban J connectivity index is 3.58. The molecule has 2 unspecified atom stereocenters. The number of hydrogen-bond acceptors (Lipinski definition) is 2. The van der Waals surface area contributed by atoms with Crippen molar-refractivity contribution in [3.05, 3.63) is 0 Å². The van der Waals surface area contributed by atoms with Gasteiger partial charge >= 0.3 is 0 Å². The van der Waals surface area contributed by atoms with Crippen molar-refractivity contribution in [2.24, 2.45) is 11.8 Å². The van der Waals surface area contributed by atoms with E-state index in [0.717, 1.165) is 31.4 Å². The van der Waals surface area contributed by atoms with E-state index in [9.17, 15) is 0 Å². The van der Waals surface area contributed by atoms with Crippen LogP contribution < -0.4 is 5.32 Å². The van der Waals surface area contributed by atoms with E-state index in [1.54, 1.807) is 7.11 Å². The largest absolute Gasteiger partial charge is 0.383 e. The van der Waals surface area contributed by atoms with Crippen LogP contribution in [0.1, 0.15) is 34.1 Å². The number of rotatable bonds is 7. The number of methoxy groups -OCH3 is 1. The van der Waals surface area contributed by atoms with Crippen molar-refractivity contribution in [1.82, 2.24) is 5.32 Å². The Morgan fingerprint density at radius 3 is 2.23 bits per heavy atom. The Kier molecular flexibility index (Phi) is 7.29. The van der Waals surface area contributed by atoms with Crippen molar-refractivity contribution in [2.75, 3.05) is 20.3 Å². The fourth-order valence-electron chi connectivity index (χ4n) is 1.11. The molecule has 0 radical (unpaired) electrons. The molecule has 0 aliphatic carbocycles. The van der Waals surface area contributed by atoms with Gasteiger partial charge in [0.15, 0.2) is 0 Å². The van der Waals surface area contributed by atoms with Crippen molar-refractivity contribution in [3.8, 4) is 0 Å². The fourth-order valence-corrected chi connectivity index (χ4v) is 1.11. The van der Waals surface area contributed by atoms with Crippen molar-refractivity contribution in [3.63, 3.8) is 0 Å². The molecule has 80 valence electrons. The molecule has 0 aromatic rings. The van der Waals surface area contributed by atoms with Gasteiger partial charge in [0.1, 0.15) is 0 Å². The quantitative estimate of drug-likeness (QED) is 0.660. The Labute approximate surface area is 83.1 Å². The highest BCUT2D eigenvalue weighted by Crippen LogP contribution is 2.08. The summed E-state index contributed by atoms with van der Waals surface area (Å²) in [5.74, 6) is 1.50. The molecule has 0 aromatic heterocycles. The third kappa shape index (κ3) is 6.05. The molecule has 0 saturated carbocycles. The molecule has 0 saturated heterocycles. The maximum atomic E-state index is 5.13. The van der Waals surface area contributed by atoms with Gasteiger partial charge in [0.05, 0.1) is 6.61 Å². The van der Waals surface area contributed by atoms with Crippen LogP contribution in [0.25, 0.3) is 0 Å². The summed E-state index contributed by atoms with van der Waals surface area (Å²) < 4.78 is 5.13. The molecule has 2 heteroatoms. The lowest BCUT2D eigenvalue weighted by Gasteiger charge is -2.21. The zero-order valence-corrected chi connectivity index (χ0v) is 9.76. The summed E-state index contributed by atoms with van der Waals surface area (Å²) in [7, 11) is 1.76. The SMILES string of the molecule is CCC(COC)NCC(C)C(C)C. The summed E-state index contributed by atoms with van der Waals surface area (Å²) in [6, 6.07) is 0.520. The van der Waals surface area contributed by atoms with Gasteiger partial charge in [-0.3, -0.25) is 0 Å². The van der Waals surface area contributed by atoms with Gasteiger partial charge < -0.3 is 10.1 Å². The van der Waals surface area contributed by atoms with Crippen molar-refractivity contribution < 1.29 is 4.74 Å². The van der Waals surface area contributed by atoms with Crippen LogP contribution in [-0.4, -0.2) is 26.3 Å². The van der Waals surface area contributed by atoms with Gasteiger partial charge in [-0.15, -0.1) is 0 Å². The van der Waals surface area contributed by atoms with Gasteiger partial charge in [-0.25, -0.2) is 0 Å². The van der Waals surface area contributed by atoms with Crippen LogP contribution in [0.4, 0.5) is 0 Å². The molecule has 0 spiro atoms. The van der Waals surface area contributed by atoms with Crippen LogP contribution in [0.3, 0.4) is 0 Å². The predicted octanol–water partition coefficient (Wildman–Crippen LogP) is 2.29. The summed E-state index contributed by atoms with van der Waals surface area (Å²) in [6.07, 6.45) is 1.14. The Hall–Kier alpha value is -0.0800. The molecule has 0 rings (SSSR count). The summed E-state index contributed by atoms with van der Waals surface area (Å²) >= 11 is 0. The predicted molar refractivity (Wildman–Crippen MR) is 58.0 cm³/mol. The van der Waals surface area contributed by atoms with E-state index >= 15 is 0 Å². The van der Waals surface area contributed by atoms with Crippen LogP contribution in [0.5, 0.6) is 0 Å². The minimum Gasteiger partial charge on any atom is -0.383 e. The van der Waals surface area contributed by atoms with Crippen LogP contribution in [0, 0.1) is 11.8 Å². The Bertz CT molecular complexity index is 115. The van der Waals surface area contributed by atoms with Gasteiger partial charge in [0.2, 0.25) is 0 Å². The summed E-state index contributed by atoms with van der Waals surface area (Å²) in [6.45, 7) is 10.9. The molecule has 0 amide bonds. The average molecular weight is 187 g/mol. The molecule has 0 aliphatic heterocycles. The van der Waals surface area contributed by atoms with E-state index < -0.39 is 0 Å². The average Bonchev–Trinajstić information content (AvgIpc) is 2.11.